The number of unbranched alkanes of at least 4 members (excludes halogenated alkanes) is 13. The Morgan fingerprint density at radius 2 is 0.840 bits per heavy atom. The minimum absolute atomic E-state index is 0.406. The highest BCUT2D eigenvalue weighted by Gasteiger charge is 1.96. The molecule has 152 valence electrons. The zero-order valence-electron chi connectivity index (χ0n) is 15.3. The zero-order chi connectivity index (χ0) is 18.3. The summed E-state index contributed by atoms with van der Waals surface area (Å²) in [5.41, 5.74) is 5.48. The predicted molar refractivity (Wildman–Crippen MR) is 90.3 cm³/mol. The van der Waals surface area contributed by atoms with Crippen molar-refractivity contribution in [3.8, 4) is 0 Å². The van der Waals surface area contributed by atoms with E-state index < -0.39 is 0 Å². The van der Waals surface area contributed by atoms with E-state index in [1.54, 1.807) is 0 Å². The highest BCUT2D eigenvalue weighted by Crippen LogP contribution is 2.12. The fourth-order valence-corrected chi connectivity index (χ4v) is 2.53. The van der Waals surface area contributed by atoms with Gasteiger partial charge in [0.1, 0.15) is 0 Å². The lowest BCUT2D eigenvalue weighted by atomic mass is 10.0. The summed E-state index contributed by atoms with van der Waals surface area (Å²) < 4.78 is 0. The molecule has 0 aliphatic carbocycles. The van der Waals surface area contributed by atoms with E-state index >= 15 is 0 Å². The van der Waals surface area contributed by atoms with Crippen LogP contribution in [0.1, 0.15) is 89.9 Å². The molecule has 0 unspecified atom stereocenters. The van der Waals surface area contributed by atoms with Crippen LogP contribution in [-0.4, -0.2) is 13.2 Å². The van der Waals surface area contributed by atoms with Gasteiger partial charge in [-0.3, -0.25) is 0 Å². The Labute approximate surface area is 150 Å². The third-order valence-electron chi connectivity index (χ3n) is 3.88. The Hall–Kier alpha value is -0.360. The Bertz CT molecular complexity index is 217. The standard InChI is InChI=1S/C16H36N2O7/c17-15-13-11-9-7-5-3-1-2-4-6-8-10-12-14-16-19-21-23-25-24-22-20-18/h1-18H2. The van der Waals surface area contributed by atoms with Crippen LogP contribution in [0.25, 0.3) is 0 Å². The van der Waals surface area contributed by atoms with Crippen molar-refractivity contribution in [2.75, 3.05) is 13.2 Å². The molecule has 0 heterocycles. The maximum absolute atomic E-state index is 5.48. The molecule has 0 aliphatic rings. The van der Waals surface area contributed by atoms with Gasteiger partial charge < -0.3 is 5.73 Å². The Morgan fingerprint density at radius 1 is 0.440 bits per heavy atom. The Kier molecular flexibility index (Phi) is 23.3. The van der Waals surface area contributed by atoms with E-state index in [0.29, 0.717) is 6.61 Å². The van der Waals surface area contributed by atoms with Crippen LogP contribution in [-0.2, 0) is 35.1 Å². The molecule has 9 nitrogen and oxygen atoms in total. The van der Waals surface area contributed by atoms with Gasteiger partial charge in [-0.1, -0.05) is 77.0 Å². The molecular weight excluding hydrogens is 332 g/mol. The molecule has 0 aromatic rings. The number of rotatable bonds is 22. The topological polar surface area (TPSA) is 117 Å². The summed E-state index contributed by atoms with van der Waals surface area (Å²) in [5, 5.41) is 19.3. The smallest absolute Gasteiger partial charge is 0.0855 e. The average Bonchev–Trinajstić information content (AvgIpc) is 2.63. The van der Waals surface area contributed by atoms with E-state index in [2.05, 4.69) is 41.0 Å². The largest absolute Gasteiger partial charge is 0.330 e. The fraction of sp³-hybridized carbons (Fsp3) is 1.00. The minimum atomic E-state index is 0.406. The molecule has 0 spiro atoms. The van der Waals surface area contributed by atoms with Gasteiger partial charge in [0, 0.05) is 0 Å². The van der Waals surface area contributed by atoms with E-state index in [0.717, 1.165) is 19.4 Å². The van der Waals surface area contributed by atoms with Crippen LogP contribution in [0.4, 0.5) is 0 Å². The molecule has 0 fully saturated rings. The zero-order valence-corrected chi connectivity index (χ0v) is 15.3. The van der Waals surface area contributed by atoms with Crippen LogP contribution in [0, 0.1) is 0 Å². The molecule has 0 rings (SSSR count). The lowest BCUT2D eigenvalue weighted by molar-refractivity contribution is -0.790. The highest BCUT2D eigenvalue weighted by atomic mass is 17.9. The molecule has 0 aliphatic heterocycles. The van der Waals surface area contributed by atoms with Crippen LogP contribution in [0.15, 0.2) is 0 Å². The van der Waals surface area contributed by atoms with Gasteiger partial charge in [-0.05, 0) is 44.6 Å². The molecule has 0 aromatic heterocycles. The quantitative estimate of drug-likeness (QED) is 0.167. The van der Waals surface area contributed by atoms with Crippen molar-refractivity contribution in [2.24, 2.45) is 11.6 Å². The predicted octanol–water partition coefficient (Wildman–Crippen LogP) is 3.89. The maximum atomic E-state index is 5.48. The third-order valence-corrected chi connectivity index (χ3v) is 3.88. The summed E-state index contributed by atoms with van der Waals surface area (Å²) in [5.74, 6) is 4.46. The van der Waals surface area contributed by atoms with Gasteiger partial charge in [-0.2, -0.15) is 5.90 Å². The summed E-state index contributed by atoms with van der Waals surface area (Å²) in [4.78, 5) is 8.22. The van der Waals surface area contributed by atoms with Gasteiger partial charge in [0.2, 0.25) is 0 Å². The second-order valence-corrected chi connectivity index (χ2v) is 6.00. The van der Waals surface area contributed by atoms with Crippen LogP contribution in [0.5, 0.6) is 0 Å². The molecule has 0 atom stereocenters. The average molecular weight is 368 g/mol. The molecule has 4 N–H and O–H groups in total. The maximum Gasteiger partial charge on any atom is 0.0855 e. The van der Waals surface area contributed by atoms with Crippen LogP contribution >= 0.6 is 0 Å². The van der Waals surface area contributed by atoms with E-state index in [-0.39, 0.29) is 0 Å². The van der Waals surface area contributed by atoms with Crippen molar-refractivity contribution in [3.63, 3.8) is 0 Å². The SMILES string of the molecule is NCCCCCCCCCCCCCCCCOOOOOOON. The van der Waals surface area contributed by atoms with Crippen molar-refractivity contribution in [2.45, 2.75) is 89.9 Å². The van der Waals surface area contributed by atoms with Crippen LogP contribution in [0.2, 0.25) is 0 Å². The van der Waals surface area contributed by atoms with Crippen molar-refractivity contribution in [3.05, 3.63) is 0 Å². The van der Waals surface area contributed by atoms with Crippen molar-refractivity contribution in [1.29, 1.82) is 0 Å². The summed E-state index contributed by atoms with van der Waals surface area (Å²) in [7, 11) is 0. The lowest BCUT2D eigenvalue weighted by Crippen LogP contribution is -2.05. The summed E-state index contributed by atoms with van der Waals surface area (Å²) >= 11 is 0. The molecule has 0 aromatic carbocycles. The number of hydrogen-bond acceptors (Lipinski definition) is 9. The first-order valence-electron chi connectivity index (χ1n) is 9.43. The highest BCUT2D eigenvalue weighted by molar-refractivity contribution is 4.49. The first kappa shape index (κ1) is 24.6. The second kappa shape index (κ2) is 23.6. The lowest BCUT2D eigenvalue weighted by Gasteiger charge is -2.03. The van der Waals surface area contributed by atoms with E-state index in [9.17, 15) is 0 Å². The Morgan fingerprint density at radius 3 is 1.32 bits per heavy atom. The fourth-order valence-electron chi connectivity index (χ4n) is 2.53. The van der Waals surface area contributed by atoms with E-state index in [1.165, 1.54) is 77.0 Å². The molecule has 0 amide bonds. The molecule has 0 bridgehead atoms. The van der Waals surface area contributed by atoms with Gasteiger partial charge >= 0.3 is 0 Å². The summed E-state index contributed by atoms with van der Waals surface area (Å²) in [6.45, 7) is 1.24. The number of hydrogen-bond donors (Lipinski definition) is 2. The normalized spacial score (nSPS) is 11.3. The van der Waals surface area contributed by atoms with Crippen molar-refractivity contribution < 1.29 is 35.1 Å². The van der Waals surface area contributed by atoms with Gasteiger partial charge in [-0.25, -0.2) is 4.89 Å². The van der Waals surface area contributed by atoms with E-state index in [1.807, 2.05) is 0 Å². The van der Waals surface area contributed by atoms with E-state index in [4.69, 9.17) is 5.73 Å². The monoisotopic (exact) mass is 368 g/mol. The molecule has 0 radical (unpaired) electrons. The minimum Gasteiger partial charge on any atom is -0.330 e. The summed E-state index contributed by atoms with van der Waals surface area (Å²) in [6.07, 6.45) is 17.8. The van der Waals surface area contributed by atoms with Crippen molar-refractivity contribution >= 4 is 0 Å². The van der Waals surface area contributed by atoms with Crippen molar-refractivity contribution in [1.82, 2.24) is 0 Å². The van der Waals surface area contributed by atoms with Crippen LogP contribution in [0.3, 0.4) is 0 Å². The van der Waals surface area contributed by atoms with Gasteiger partial charge in [-0.15, -0.1) is 4.99 Å². The molecule has 0 saturated heterocycles. The molecule has 9 heteroatoms. The van der Waals surface area contributed by atoms with Gasteiger partial charge in [0.25, 0.3) is 0 Å². The third kappa shape index (κ3) is 23.6. The molecular formula is C16H36N2O7. The second-order valence-electron chi connectivity index (χ2n) is 6.00. The molecule has 0 saturated carbocycles. The Balaban J connectivity index is 2.94. The first-order chi connectivity index (χ1) is 12.4. The van der Waals surface area contributed by atoms with Gasteiger partial charge in [0.15, 0.2) is 0 Å². The first-order valence-corrected chi connectivity index (χ1v) is 9.43. The van der Waals surface area contributed by atoms with Gasteiger partial charge in [0.05, 0.1) is 6.61 Å². The van der Waals surface area contributed by atoms with Crippen LogP contribution < -0.4 is 11.6 Å². The molecule has 25 heavy (non-hydrogen) atoms. The summed E-state index contributed by atoms with van der Waals surface area (Å²) in [6, 6.07) is 0. The number of nitrogens with two attached hydrogens (primary N) is 2.